The van der Waals surface area contributed by atoms with Gasteiger partial charge in [0.25, 0.3) is 0 Å². The predicted octanol–water partition coefficient (Wildman–Crippen LogP) is 4.45. The molecule has 3 unspecified atom stereocenters. The predicted molar refractivity (Wildman–Crippen MR) is 96.7 cm³/mol. The highest BCUT2D eigenvalue weighted by atomic mass is 16.5. The van der Waals surface area contributed by atoms with Crippen LogP contribution >= 0.6 is 0 Å². The first kappa shape index (κ1) is 17.0. The van der Waals surface area contributed by atoms with E-state index in [4.69, 9.17) is 4.74 Å². The Morgan fingerprint density at radius 1 is 1.17 bits per heavy atom. The number of ether oxygens (including phenoxy) is 1. The maximum Gasteiger partial charge on any atom is 0.0715 e. The van der Waals surface area contributed by atoms with Gasteiger partial charge in [0.1, 0.15) is 0 Å². The van der Waals surface area contributed by atoms with Gasteiger partial charge in [0.15, 0.2) is 0 Å². The number of hydrogen-bond acceptors (Lipinski definition) is 2. The minimum absolute atomic E-state index is 0.737. The summed E-state index contributed by atoms with van der Waals surface area (Å²) >= 11 is 0. The van der Waals surface area contributed by atoms with E-state index in [-0.39, 0.29) is 0 Å². The van der Waals surface area contributed by atoms with Crippen LogP contribution in [0.1, 0.15) is 56.2 Å². The minimum Gasteiger partial charge on any atom is -0.380 e. The molecule has 1 aliphatic carbocycles. The molecule has 3 atom stereocenters. The summed E-state index contributed by atoms with van der Waals surface area (Å²) in [7, 11) is 1.79. The van der Waals surface area contributed by atoms with Gasteiger partial charge < -0.3 is 4.74 Å². The largest absolute Gasteiger partial charge is 0.380 e. The van der Waals surface area contributed by atoms with E-state index in [0.717, 1.165) is 30.9 Å². The molecular formula is C21H33NO. The number of nitrogens with zero attached hydrogens (tertiary/aromatic N) is 1. The highest BCUT2D eigenvalue weighted by Crippen LogP contribution is 2.35. The molecule has 3 rings (SSSR count). The Morgan fingerprint density at radius 2 is 2.04 bits per heavy atom. The molecule has 2 fully saturated rings. The monoisotopic (exact) mass is 315 g/mol. The third kappa shape index (κ3) is 3.97. The average Bonchev–Trinajstić information content (AvgIpc) is 3.17. The van der Waals surface area contributed by atoms with Gasteiger partial charge in [-0.2, -0.15) is 0 Å². The van der Waals surface area contributed by atoms with Crippen LogP contribution in [0.25, 0.3) is 0 Å². The van der Waals surface area contributed by atoms with E-state index in [1.54, 1.807) is 7.11 Å². The Kier molecular flexibility index (Phi) is 5.76. The van der Waals surface area contributed by atoms with Crippen LogP contribution in [0.2, 0.25) is 0 Å². The molecule has 0 radical (unpaired) electrons. The summed E-state index contributed by atoms with van der Waals surface area (Å²) < 4.78 is 5.33. The van der Waals surface area contributed by atoms with E-state index >= 15 is 0 Å². The molecule has 1 heterocycles. The van der Waals surface area contributed by atoms with Gasteiger partial charge in [0.2, 0.25) is 0 Å². The van der Waals surface area contributed by atoms with Gasteiger partial charge in [0, 0.05) is 19.7 Å². The van der Waals surface area contributed by atoms with Crippen LogP contribution in [0, 0.1) is 11.8 Å². The van der Waals surface area contributed by atoms with Crippen molar-refractivity contribution < 1.29 is 4.74 Å². The van der Waals surface area contributed by atoms with E-state index in [0.29, 0.717) is 0 Å². The van der Waals surface area contributed by atoms with Crippen LogP contribution in [0.3, 0.4) is 0 Å². The number of aryl methyl sites for hydroxylation is 1. The van der Waals surface area contributed by atoms with E-state index in [2.05, 4.69) is 36.9 Å². The number of hydrogen-bond donors (Lipinski definition) is 0. The lowest BCUT2D eigenvalue weighted by molar-refractivity contribution is 0.184. The second-order valence-electron chi connectivity index (χ2n) is 7.74. The Labute approximate surface area is 142 Å². The zero-order valence-electron chi connectivity index (χ0n) is 15.2. The summed E-state index contributed by atoms with van der Waals surface area (Å²) in [6.45, 7) is 8.05. The van der Waals surface area contributed by atoms with Crippen molar-refractivity contribution in [3.63, 3.8) is 0 Å². The van der Waals surface area contributed by atoms with Gasteiger partial charge in [-0.3, -0.25) is 4.90 Å². The molecule has 1 saturated carbocycles. The molecule has 0 N–H and O–H groups in total. The van der Waals surface area contributed by atoms with Crippen molar-refractivity contribution in [1.29, 1.82) is 0 Å². The summed E-state index contributed by atoms with van der Waals surface area (Å²) in [5.41, 5.74) is 4.36. The molecule has 1 aliphatic heterocycles. The van der Waals surface area contributed by atoms with Crippen molar-refractivity contribution >= 4 is 0 Å². The van der Waals surface area contributed by atoms with Gasteiger partial charge >= 0.3 is 0 Å². The number of rotatable bonds is 6. The Hall–Kier alpha value is -0.860. The first-order valence-electron chi connectivity index (χ1n) is 9.55. The molecule has 23 heavy (non-hydrogen) atoms. The quantitative estimate of drug-likeness (QED) is 0.769. The summed E-state index contributed by atoms with van der Waals surface area (Å²) in [6.07, 6.45) is 8.01. The van der Waals surface area contributed by atoms with Gasteiger partial charge in [-0.25, -0.2) is 0 Å². The smallest absolute Gasteiger partial charge is 0.0715 e. The molecule has 0 bridgehead atoms. The van der Waals surface area contributed by atoms with E-state index in [9.17, 15) is 0 Å². The van der Waals surface area contributed by atoms with Crippen LogP contribution in [-0.4, -0.2) is 31.1 Å². The van der Waals surface area contributed by atoms with Gasteiger partial charge in [-0.1, -0.05) is 38.5 Å². The van der Waals surface area contributed by atoms with Crippen LogP contribution in [0.4, 0.5) is 0 Å². The zero-order valence-corrected chi connectivity index (χ0v) is 15.2. The highest BCUT2D eigenvalue weighted by molar-refractivity contribution is 5.32. The fourth-order valence-electron chi connectivity index (χ4n) is 4.74. The maximum absolute atomic E-state index is 5.33. The first-order valence-corrected chi connectivity index (χ1v) is 9.55. The molecule has 2 aliphatic rings. The molecule has 0 spiro atoms. The van der Waals surface area contributed by atoms with Crippen molar-refractivity contribution in [1.82, 2.24) is 4.90 Å². The lowest BCUT2D eigenvalue weighted by atomic mass is 9.91. The molecule has 1 saturated heterocycles. The molecule has 2 heteroatoms. The Balaban J connectivity index is 1.68. The van der Waals surface area contributed by atoms with E-state index in [1.807, 2.05) is 0 Å². The maximum atomic E-state index is 5.33. The first-order chi connectivity index (χ1) is 11.2. The van der Waals surface area contributed by atoms with Crippen molar-refractivity contribution in [2.75, 3.05) is 20.2 Å². The molecule has 128 valence electrons. The van der Waals surface area contributed by atoms with Crippen LogP contribution in [0.15, 0.2) is 18.2 Å². The molecule has 2 nitrogen and oxygen atoms in total. The Bertz CT molecular complexity index is 513. The fourth-order valence-corrected chi connectivity index (χ4v) is 4.74. The normalized spacial score (nSPS) is 28.6. The average molecular weight is 316 g/mol. The lowest BCUT2D eigenvalue weighted by Gasteiger charge is -2.29. The molecule has 0 amide bonds. The number of benzene rings is 1. The number of methoxy groups -OCH3 is 1. The topological polar surface area (TPSA) is 12.5 Å². The number of likely N-dealkylation sites (tertiary alicyclic amines) is 1. The summed E-state index contributed by atoms with van der Waals surface area (Å²) in [5, 5.41) is 0. The lowest BCUT2D eigenvalue weighted by Crippen LogP contribution is -2.36. The van der Waals surface area contributed by atoms with Gasteiger partial charge in [-0.15, -0.1) is 0 Å². The van der Waals surface area contributed by atoms with Gasteiger partial charge in [-0.05, 0) is 67.2 Å². The second kappa shape index (κ2) is 7.81. The third-order valence-corrected chi connectivity index (χ3v) is 5.99. The minimum atomic E-state index is 0.737. The summed E-state index contributed by atoms with van der Waals surface area (Å²) in [6, 6.07) is 7.91. The second-order valence-corrected chi connectivity index (χ2v) is 7.74. The summed E-state index contributed by atoms with van der Waals surface area (Å²) in [4.78, 5) is 2.79. The van der Waals surface area contributed by atoms with Gasteiger partial charge in [0.05, 0.1) is 6.61 Å². The van der Waals surface area contributed by atoms with Crippen molar-refractivity contribution in [2.45, 2.75) is 65.0 Å². The summed E-state index contributed by atoms with van der Waals surface area (Å²) in [5.74, 6) is 1.76. The fraction of sp³-hybridized carbons (Fsp3) is 0.714. The van der Waals surface area contributed by atoms with Crippen molar-refractivity contribution in [3.8, 4) is 0 Å². The standard InChI is InChI=1S/C21H33NO/c1-4-18-12-17(8-9-20(18)15-23-3)13-19-6-5-7-21(19)22-11-10-16(2)14-22/h8-9,12,16,19,21H,4-7,10-11,13-15H2,1-3H3. The van der Waals surface area contributed by atoms with Crippen molar-refractivity contribution in [3.05, 3.63) is 34.9 Å². The van der Waals surface area contributed by atoms with Crippen LogP contribution in [0.5, 0.6) is 0 Å². The van der Waals surface area contributed by atoms with Crippen molar-refractivity contribution in [2.24, 2.45) is 11.8 Å². The molecule has 1 aromatic rings. The Morgan fingerprint density at radius 3 is 2.74 bits per heavy atom. The van der Waals surface area contributed by atoms with Crippen LogP contribution < -0.4 is 0 Å². The zero-order chi connectivity index (χ0) is 16.2. The van der Waals surface area contributed by atoms with E-state index in [1.165, 1.54) is 61.9 Å². The molecular weight excluding hydrogens is 282 g/mol. The van der Waals surface area contributed by atoms with E-state index < -0.39 is 0 Å². The molecule has 0 aromatic heterocycles. The SMILES string of the molecule is CCc1cc(CC2CCCC2N2CCC(C)C2)ccc1COC. The molecule has 1 aromatic carbocycles. The van der Waals surface area contributed by atoms with Crippen LogP contribution in [-0.2, 0) is 24.2 Å². The highest BCUT2D eigenvalue weighted by Gasteiger charge is 2.34. The third-order valence-electron chi connectivity index (χ3n) is 5.99.